The van der Waals surface area contributed by atoms with Gasteiger partial charge in [0.15, 0.2) is 0 Å². The lowest BCUT2D eigenvalue weighted by atomic mass is 9.91. The van der Waals surface area contributed by atoms with Crippen molar-refractivity contribution in [2.75, 3.05) is 0 Å². The zero-order valence-electron chi connectivity index (χ0n) is 11.6. The predicted molar refractivity (Wildman–Crippen MR) is 82.9 cm³/mol. The van der Waals surface area contributed by atoms with Crippen LogP contribution in [-0.2, 0) is 6.42 Å². The second kappa shape index (κ2) is 4.50. The molecule has 2 nitrogen and oxygen atoms in total. The summed E-state index contributed by atoms with van der Waals surface area (Å²) >= 11 is 0. The topological polar surface area (TPSA) is 27.8 Å². The second-order valence-electron chi connectivity index (χ2n) is 5.68. The highest BCUT2D eigenvalue weighted by molar-refractivity contribution is 5.85. The van der Waals surface area contributed by atoms with Crippen LogP contribution < -0.4 is 5.32 Å². The fourth-order valence-corrected chi connectivity index (χ4v) is 3.33. The molecule has 2 atom stereocenters. The highest BCUT2D eigenvalue weighted by Crippen LogP contribution is 2.34. The van der Waals surface area contributed by atoms with Crippen molar-refractivity contribution in [3.8, 4) is 0 Å². The van der Waals surface area contributed by atoms with Crippen LogP contribution in [0.15, 0.2) is 54.6 Å². The fraction of sp³-hybridized carbons (Fsp3) is 0.222. The van der Waals surface area contributed by atoms with Gasteiger partial charge in [-0.1, -0.05) is 48.5 Å². The molecule has 1 aliphatic heterocycles. The molecule has 3 aromatic rings. The van der Waals surface area contributed by atoms with Crippen LogP contribution >= 0.6 is 0 Å². The van der Waals surface area contributed by atoms with E-state index in [2.05, 4.69) is 71.8 Å². The van der Waals surface area contributed by atoms with E-state index in [1.165, 1.54) is 27.7 Å². The minimum Gasteiger partial charge on any atom is -0.357 e. The van der Waals surface area contributed by atoms with Crippen molar-refractivity contribution in [2.45, 2.75) is 25.4 Å². The molecule has 0 aliphatic carbocycles. The Balaban J connectivity index is 1.92. The van der Waals surface area contributed by atoms with Gasteiger partial charge in [0, 0.05) is 22.6 Å². The Morgan fingerprint density at radius 3 is 2.55 bits per heavy atom. The number of para-hydroxylation sites is 1. The highest BCUT2D eigenvalue weighted by Gasteiger charge is 2.28. The van der Waals surface area contributed by atoms with Crippen molar-refractivity contribution < 1.29 is 0 Å². The van der Waals surface area contributed by atoms with E-state index < -0.39 is 0 Å². The van der Waals surface area contributed by atoms with Gasteiger partial charge in [0.05, 0.1) is 6.04 Å². The van der Waals surface area contributed by atoms with Crippen LogP contribution in [0.1, 0.15) is 29.8 Å². The third-order valence-electron chi connectivity index (χ3n) is 4.23. The summed E-state index contributed by atoms with van der Waals surface area (Å²) < 4.78 is 0. The predicted octanol–water partition coefficient (Wildman–Crippen LogP) is 3.79. The number of hydrogen-bond donors (Lipinski definition) is 2. The molecule has 0 bridgehead atoms. The first-order valence-corrected chi connectivity index (χ1v) is 7.23. The maximum absolute atomic E-state index is 3.72. The van der Waals surface area contributed by atoms with E-state index in [1.54, 1.807) is 0 Å². The van der Waals surface area contributed by atoms with Gasteiger partial charge in [-0.15, -0.1) is 0 Å². The maximum atomic E-state index is 3.72. The number of fused-ring (bicyclic) bond motifs is 3. The number of H-pyrrole nitrogens is 1. The number of hydrogen-bond acceptors (Lipinski definition) is 1. The van der Waals surface area contributed by atoms with Gasteiger partial charge in [0.1, 0.15) is 0 Å². The third-order valence-corrected chi connectivity index (χ3v) is 4.23. The summed E-state index contributed by atoms with van der Waals surface area (Å²) in [7, 11) is 0. The molecule has 0 fully saturated rings. The minimum atomic E-state index is 0.266. The monoisotopic (exact) mass is 262 g/mol. The van der Waals surface area contributed by atoms with E-state index in [4.69, 9.17) is 0 Å². The van der Waals surface area contributed by atoms with Gasteiger partial charge in [-0.2, -0.15) is 0 Å². The Bertz CT molecular complexity index is 742. The van der Waals surface area contributed by atoms with Crippen LogP contribution in [0.4, 0.5) is 0 Å². The summed E-state index contributed by atoms with van der Waals surface area (Å²) in [5.74, 6) is 0. The fourth-order valence-electron chi connectivity index (χ4n) is 3.33. The quantitative estimate of drug-likeness (QED) is 0.686. The number of aromatic nitrogens is 1. The Hall–Kier alpha value is -2.06. The van der Waals surface area contributed by atoms with E-state index in [-0.39, 0.29) is 6.04 Å². The van der Waals surface area contributed by atoms with Crippen molar-refractivity contribution in [1.29, 1.82) is 0 Å². The maximum Gasteiger partial charge on any atom is 0.0734 e. The lowest BCUT2D eigenvalue weighted by Gasteiger charge is -2.29. The molecule has 2 N–H and O–H groups in total. The summed E-state index contributed by atoms with van der Waals surface area (Å²) in [5, 5.41) is 5.09. The largest absolute Gasteiger partial charge is 0.357 e. The van der Waals surface area contributed by atoms with E-state index in [0.29, 0.717) is 6.04 Å². The first-order valence-electron chi connectivity index (χ1n) is 7.23. The molecule has 0 spiro atoms. The Labute approximate surface area is 118 Å². The van der Waals surface area contributed by atoms with Gasteiger partial charge in [0.25, 0.3) is 0 Å². The van der Waals surface area contributed by atoms with Crippen molar-refractivity contribution in [3.05, 3.63) is 71.4 Å². The average Bonchev–Trinajstić information content (AvgIpc) is 2.86. The van der Waals surface area contributed by atoms with Crippen LogP contribution in [0, 0.1) is 0 Å². The minimum absolute atomic E-state index is 0.266. The van der Waals surface area contributed by atoms with Gasteiger partial charge >= 0.3 is 0 Å². The summed E-state index contributed by atoms with van der Waals surface area (Å²) in [6.45, 7) is 2.26. The molecule has 0 saturated heterocycles. The molecule has 0 saturated carbocycles. The van der Waals surface area contributed by atoms with Crippen molar-refractivity contribution in [2.24, 2.45) is 0 Å². The van der Waals surface area contributed by atoms with E-state index in [9.17, 15) is 0 Å². The van der Waals surface area contributed by atoms with Gasteiger partial charge in [-0.3, -0.25) is 0 Å². The number of nitrogens with one attached hydrogen (secondary N) is 2. The zero-order chi connectivity index (χ0) is 13.5. The lowest BCUT2D eigenvalue weighted by Crippen LogP contribution is -2.37. The molecule has 0 amide bonds. The molecule has 0 unspecified atom stereocenters. The molecule has 1 aliphatic rings. The van der Waals surface area contributed by atoms with Crippen LogP contribution in [-0.4, -0.2) is 11.0 Å². The first kappa shape index (κ1) is 11.7. The van der Waals surface area contributed by atoms with E-state index in [1.807, 2.05) is 0 Å². The molecule has 1 aromatic heterocycles. The number of rotatable bonds is 1. The molecule has 0 radical (unpaired) electrons. The average molecular weight is 262 g/mol. The van der Waals surface area contributed by atoms with E-state index >= 15 is 0 Å². The standard InChI is InChI=1S/C18H18N2/c1-12-11-15-14-9-5-6-10-16(14)20-18(15)17(19-12)13-7-3-2-4-8-13/h2-10,12,17,19-20H,11H2,1H3/t12-,17+/m1/s1. The number of benzene rings is 2. The van der Waals surface area contributed by atoms with Crippen LogP contribution in [0.5, 0.6) is 0 Å². The van der Waals surface area contributed by atoms with Crippen molar-refractivity contribution in [1.82, 2.24) is 10.3 Å². The molecule has 100 valence electrons. The van der Waals surface area contributed by atoms with Crippen molar-refractivity contribution in [3.63, 3.8) is 0 Å². The van der Waals surface area contributed by atoms with Crippen LogP contribution in [0.2, 0.25) is 0 Å². The second-order valence-corrected chi connectivity index (χ2v) is 5.68. The molecule has 2 aromatic carbocycles. The van der Waals surface area contributed by atoms with Gasteiger partial charge in [-0.05, 0) is 30.5 Å². The van der Waals surface area contributed by atoms with Crippen molar-refractivity contribution >= 4 is 10.9 Å². The summed E-state index contributed by atoms with van der Waals surface area (Å²) in [6, 6.07) is 20.1. The normalized spacial score (nSPS) is 21.9. The van der Waals surface area contributed by atoms with Crippen LogP contribution in [0.3, 0.4) is 0 Å². The molecular weight excluding hydrogens is 244 g/mol. The Morgan fingerprint density at radius 1 is 0.950 bits per heavy atom. The van der Waals surface area contributed by atoms with Gasteiger partial charge < -0.3 is 10.3 Å². The third kappa shape index (κ3) is 1.76. The van der Waals surface area contributed by atoms with E-state index in [0.717, 1.165) is 6.42 Å². The molecule has 2 heteroatoms. The summed E-state index contributed by atoms with van der Waals surface area (Å²) in [4.78, 5) is 3.62. The summed E-state index contributed by atoms with van der Waals surface area (Å²) in [5.41, 5.74) is 5.37. The Morgan fingerprint density at radius 2 is 1.70 bits per heavy atom. The first-order chi connectivity index (χ1) is 9.83. The SMILES string of the molecule is C[C@@H]1Cc2c([nH]c3ccccc23)[C@H](c2ccccc2)N1. The summed E-state index contributed by atoms with van der Waals surface area (Å²) in [6.07, 6.45) is 1.09. The molecule has 4 rings (SSSR count). The number of aromatic amines is 1. The van der Waals surface area contributed by atoms with Gasteiger partial charge in [0.2, 0.25) is 0 Å². The van der Waals surface area contributed by atoms with Crippen LogP contribution in [0.25, 0.3) is 10.9 Å². The smallest absolute Gasteiger partial charge is 0.0734 e. The molecule has 2 heterocycles. The molecule has 20 heavy (non-hydrogen) atoms. The zero-order valence-corrected chi connectivity index (χ0v) is 11.6. The molecular formula is C18H18N2. The van der Waals surface area contributed by atoms with Gasteiger partial charge in [-0.25, -0.2) is 0 Å². The Kier molecular flexibility index (Phi) is 2.64. The lowest BCUT2D eigenvalue weighted by molar-refractivity contribution is 0.460. The highest BCUT2D eigenvalue weighted by atomic mass is 15.0.